The highest BCUT2D eigenvalue weighted by Gasteiger charge is 2.16. The first-order valence-corrected chi connectivity index (χ1v) is 10.4. The zero-order valence-electron chi connectivity index (χ0n) is 17.0. The van der Waals surface area contributed by atoms with E-state index in [4.69, 9.17) is 0 Å². The van der Waals surface area contributed by atoms with Gasteiger partial charge in [0.05, 0.1) is 0 Å². The van der Waals surface area contributed by atoms with E-state index < -0.39 is 0 Å². The summed E-state index contributed by atoms with van der Waals surface area (Å²) in [5, 5.41) is 0. The highest BCUT2D eigenvalue weighted by Crippen LogP contribution is 2.29. The van der Waals surface area contributed by atoms with Crippen LogP contribution in [0, 0.1) is 29.6 Å². The molecule has 0 rings (SSSR count). The van der Waals surface area contributed by atoms with Crippen LogP contribution in [0.1, 0.15) is 113 Å². The number of hydrogen-bond donors (Lipinski definition) is 0. The van der Waals surface area contributed by atoms with Crippen molar-refractivity contribution >= 4 is 0 Å². The van der Waals surface area contributed by atoms with E-state index >= 15 is 0 Å². The van der Waals surface area contributed by atoms with Crippen molar-refractivity contribution in [2.75, 3.05) is 0 Å². The molecule has 134 valence electrons. The molecule has 4 unspecified atom stereocenters. The molecule has 0 aliphatic rings. The molecule has 0 radical (unpaired) electrons. The summed E-state index contributed by atoms with van der Waals surface area (Å²) in [6.07, 6.45) is 14.2. The van der Waals surface area contributed by atoms with Gasteiger partial charge in [-0.1, -0.05) is 113 Å². The zero-order chi connectivity index (χ0) is 17.0. The molecule has 0 aliphatic heterocycles. The minimum absolute atomic E-state index is 0.873. The van der Waals surface area contributed by atoms with Crippen molar-refractivity contribution in [2.24, 2.45) is 29.6 Å². The van der Waals surface area contributed by atoms with Crippen LogP contribution in [0.25, 0.3) is 0 Å². The maximum atomic E-state index is 2.51. The van der Waals surface area contributed by atoms with Crippen LogP contribution < -0.4 is 0 Å². The van der Waals surface area contributed by atoms with E-state index in [-0.39, 0.29) is 0 Å². The van der Waals surface area contributed by atoms with Crippen LogP contribution in [0.2, 0.25) is 0 Å². The zero-order valence-corrected chi connectivity index (χ0v) is 17.0. The third-order valence-corrected chi connectivity index (χ3v) is 5.89. The Bertz CT molecular complexity index is 230. The summed E-state index contributed by atoms with van der Waals surface area (Å²) >= 11 is 0. The van der Waals surface area contributed by atoms with Crippen molar-refractivity contribution in [1.82, 2.24) is 0 Å². The normalized spacial score (nSPS) is 17.5. The Morgan fingerprint density at radius 3 is 1.68 bits per heavy atom. The van der Waals surface area contributed by atoms with Gasteiger partial charge in [-0.05, 0) is 29.6 Å². The van der Waals surface area contributed by atoms with Gasteiger partial charge >= 0.3 is 0 Å². The second-order valence-corrected chi connectivity index (χ2v) is 8.60. The van der Waals surface area contributed by atoms with E-state index in [9.17, 15) is 0 Å². The van der Waals surface area contributed by atoms with Gasteiger partial charge in [0.25, 0.3) is 0 Å². The van der Waals surface area contributed by atoms with Gasteiger partial charge in [-0.15, -0.1) is 0 Å². The molecular weight excluding hydrogens is 264 g/mol. The van der Waals surface area contributed by atoms with Crippen molar-refractivity contribution in [3.8, 4) is 0 Å². The Hall–Kier alpha value is 0. The first-order chi connectivity index (χ1) is 10.4. The van der Waals surface area contributed by atoms with Crippen molar-refractivity contribution in [2.45, 2.75) is 113 Å². The fourth-order valence-electron chi connectivity index (χ4n) is 3.63. The molecule has 0 heteroatoms. The first-order valence-electron chi connectivity index (χ1n) is 10.4. The Labute approximate surface area is 142 Å². The number of rotatable bonds is 14. The quantitative estimate of drug-likeness (QED) is 0.304. The summed E-state index contributed by atoms with van der Waals surface area (Å²) in [5.74, 6) is 4.62. The smallest absolute Gasteiger partial charge is 0.0391 e. The lowest BCUT2D eigenvalue weighted by molar-refractivity contribution is 0.272. The van der Waals surface area contributed by atoms with Gasteiger partial charge in [0.1, 0.15) is 0 Å². The molecule has 0 saturated heterocycles. The fourth-order valence-corrected chi connectivity index (χ4v) is 3.63. The van der Waals surface area contributed by atoms with Crippen LogP contribution in [-0.4, -0.2) is 0 Å². The summed E-state index contributed by atoms with van der Waals surface area (Å²) in [5.41, 5.74) is 0. The molecule has 0 aromatic carbocycles. The van der Waals surface area contributed by atoms with Gasteiger partial charge in [0, 0.05) is 0 Å². The molecule has 0 spiro atoms. The van der Waals surface area contributed by atoms with Crippen LogP contribution in [0.4, 0.5) is 0 Å². The van der Waals surface area contributed by atoms with Crippen LogP contribution in [0.3, 0.4) is 0 Å². The Morgan fingerprint density at radius 2 is 1.14 bits per heavy atom. The average molecular weight is 311 g/mol. The van der Waals surface area contributed by atoms with Gasteiger partial charge in [-0.2, -0.15) is 0 Å². The standard InChI is InChI=1S/C22H46/c1-8-19(5)13-11-14-20(6)16-17-21(7)22(9-2)15-10-12-18(3)4/h18-22H,8-17H2,1-7H3. The average Bonchev–Trinajstić information content (AvgIpc) is 2.48. The number of hydrogen-bond acceptors (Lipinski definition) is 0. The van der Waals surface area contributed by atoms with E-state index in [2.05, 4.69) is 48.5 Å². The summed E-state index contributed by atoms with van der Waals surface area (Å²) in [6, 6.07) is 0. The largest absolute Gasteiger partial charge is 0.0651 e. The van der Waals surface area contributed by atoms with Gasteiger partial charge in [0.2, 0.25) is 0 Å². The van der Waals surface area contributed by atoms with Gasteiger partial charge in [-0.25, -0.2) is 0 Å². The summed E-state index contributed by atoms with van der Waals surface area (Å²) in [4.78, 5) is 0. The minimum Gasteiger partial charge on any atom is -0.0651 e. The molecule has 0 aromatic rings. The van der Waals surface area contributed by atoms with E-state index in [0.717, 1.165) is 29.6 Å². The van der Waals surface area contributed by atoms with Crippen LogP contribution in [-0.2, 0) is 0 Å². The molecule has 0 bridgehead atoms. The molecule has 0 aromatic heterocycles. The molecule has 4 atom stereocenters. The molecule has 0 saturated carbocycles. The molecule has 0 aliphatic carbocycles. The van der Waals surface area contributed by atoms with E-state index in [1.807, 2.05) is 0 Å². The van der Waals surface area contributed by atoms with E-state index in [0.29, 0.717) is 0 Å². The minimum atomic E-state index is 0.873. The maximum Gasteiger partial charge on any atom is -0.0391 e. The monoisotopic (exact) mass is 310 g/mol. The highest BCUT2D eigenvalue weighted by atomic mass is 14.2. The molecule has 22 heavy (non-hydrogen) atoms. The SMILES string of the molecule is CCC(C)CCCC(C)CCC(C)C(CC)CCCC(C)C. The lowest BCUT2D eigenvalue weighted by atomic mass is 9.82. The second-order valence-electron chi connectivity index (χ2n) is 8.60. The van der Waals surface area contributed by atoms with E-state index in [1.165, 1.54) is 64.2 Å². The van der Waals surface area contributed by atoms with Crippen LogP contribution in [0.5, 0.6) is 0 Å². The molecular formula is C22H46. The van der Waals surface area contributed by atoms with E-state index in [1.54, 1.807) is 0 Å². The predicted octanol–water partition coefficient (Wildman–Crippen LogP) is 8.11. The summed E-state index contributed by atoms with van der Waals surface area (Å²) in [7, 11) is 0. The van der Waals surface area contributed by atoms with Crippen molar-refractivity contribution < 1.29 is 0 Å². The second kappa shape index (κ2) is 13.4. The summed E-state index contributed by atoms with van der Waals surface area (Å²) in [6.45, 7) is 16.8. The van der Waals surface area contributed by atoms with Crippen molar-refractivity contribution in [3.05, 3.63) is 0 Å². The lowest BCUT2D eigenvalue weighted by Crippen LogP contribution is -2.13. The first kappa shape index (κ1) is 22.0. The van der Waals surface area contributed by atoms with Gasteiger partial charge in [0.15, 0.2) is 0 Å². The van der Waals surface area contributed by atoms with Crippen LogP contribution in [0.15, 0.2) is 0 Å². The van der Waals surface area contributed by atoms with Gasteiger partial charge < -0.3 is 0 Å². The third-order valence-electron chi connectivity index (χ3n) is 5.89. The lowest BCUT2D eigenvalue weighted by Gasteiger charge is -2.24. The Balaban J connectivity index is 3.84. The highest BCUT2D eigenvalue weighted by molar-refractivity contribution is 4.68. The summed E-state index contributed by atoms with van der Waals surface area (Å²) < 4.78 is 0. The molecule has 0 amide bonds. The van der Waals surface area contributed by atoms with Crippen LogP contribution >= 0.6 is 0 Å². The molecule has 0 fully saturated rings. The fraction of sp³-hybridized carbons (Fsp3) is 1.00. The third kappa shape index (κ3) is 11.6. The van der Waals surface area contributed by atoms with Crippen molar-refractivity contribution in [3.63, 3.8) is 0 Å². The Morgan fingerprint density at radius 1 is 0.545 bits per heavy atom. The molecule has 0 nitrogen and oxygen atoms in total. The van der Waals surface area contributed by atoms with Gasteiger partial charge in [-0.3, -0.25) is 0 Å². The molecule has 0 N–H and O–H groups in total. The predicted molar refractivity (Wildman–Crippen MR) is 103 cm³/mol. The molecule has 0 heterocycles. The van der Waals surface area contributed by atoms with Crippen molar-refractivity contribution in [1.29, 1.82) is 0 Å². The Kier molecular flexibility index (Phi) is 13.4. The maximum absolute atomic E-state index is 2.51. The topological polar surface area (TPSA) is 0 Å².